The lowest BCUT2D eigenvalue weighted by molar-refractivity contribution is 0.601. The molecule has 0 unspecified atom stereocenters. The number of nitrogens with two attached hydrogens (primary N) is 1. The van der Waals surface area contributed by atoms with Gasteiger partial charge in [0.15, 0.2) is 0 Å². The zero-order valence-electron chi connectivity index (χ0n) is 11.3. The smallest absolute Gasteiger partial charge is 0.261 e. The Morgan fingerprint density at radius 2 is 2.00 bits per heavy atom. The van der Waals surface area contributed by atoms with Crippen molar-refractivity contribution in [1.29, 1.82) is 0 Å². The summed E-state index contributed by atoms with van der Waals surface area (Å²) in [6.07, 6.45) is 3.88. The second-order valence-corrected chi connectivity index (χ2v) is 6.06. The van der Waals surface area contributed by atoms with Gasteiger partial charge in [-0.25, -0.2) is 8.42 Å². The third-order valence-corrected chi connectivity index (χ3v) is 4.27. The molecule has 1 heterocycles. The predicted octanol–water partition coefficient (Wildman–Crippen LogP) is 1.21. The minimum atomic E-state index is -3.57. The Morgan fingerprint density at radius 3 is 2.55 bits per heavy atom. The van der Waals surface area contributed by atoms with Gasteiger partial charge in [-0.2, -0.15) is 5.10 Å². The first kappa shape index (κ1) is 14.5. The highest BCUT2D eigenvalue weighted by molar-refractivity contribution is 7.92. The first-order chi connectivity index (χ1) is 9.55. The number of nitrogens with one attached hydrogen (secondary N) is 1. The van der Waals surface area contributed by atoms with Crippen molar-refractivity contribution in [1.82, 2.24) is 9.78 Å². The number of aryl methyl sites for hydroxylation is 1. The molecule has 1 aromatic heterocycles. The second kappa shape index (κ2) is 6.06. The standard InChI is InChI=1S/C13H18N4O2S/c1-2-17-10-12(9-15-17)16-20(18,19)13-5-3-11(4-6-13)7-8-14/h3-6,9-10,16H,2,7-8,14H2,1H3. The summed E-state index contributed by atoms with van der Waals surface area (Å²) in [5.41, 5.74) is 6.94. The molecule has 0 radical (unpaired) electrons. The van der Waals surface area contributed by atoms with E-state index in [1.54, 1.807) is 35.1 Å². The molecule has 0 bridgehead atoms. The van der Waals surface area contributed by atoms with Crippen molar-refractivity contribution in [2.75, 3.05) is 11.3 Å². The molecule has 2 aromatic rings. The van der Waals surface area contributed by atoms with Crippen molar-refractivity contribution in [2.24, 2.45) is 5.73 Å². The summed E-state index contributed by atoms with van der Waals surface area (Å²) in [6.45, 7) is 3.16. The van der Waals surface area contributed by atoms with Crippen LogP contribution in [0.3, 0.4) is 0 Å². The number of rotatable bonds is 6. The van der Waals surface area contributed by atoms with Crippen LogP contribution in [0.2, 0.25) is 0 Å². The summed E-state index contributed by atoms with van der Waals surface area (Å²) in [6, 6.07) is 6.71. The van der Waals surface area contributed by atoms with E-state index in [4.69, 9.17) is 5.73 Å². The van der Waals surface area contributed by atoms with Gasteiger partial charge < -0.3 is 5.73 Å². The molecule has 2 rings (SSSR count). The van der Waals surface area contributed by atoms with Crippen LogP contribution in [0.5, 0.6) is 0 Å². The van der Waals surface area contributed by atoms with Crippen molar-refractivity contribution in [3.05, 3.63) is 42.2 Å². The molecule has 0 saturated carbocycles. The minimum absolute atomic E-state index is 0.225. The summed E-state index contributed by atoms with van der Waals surface area (Å²) >= 11 is 0. The Morgan fingerprint density at radius 1 is 1.30 bits per heavy atom. The van der Waals surface area contributed by atoms with E-state index in [2.05, 4.69) is 9.82 Å². The number of hydrogen-bond acceptors (Lipinski definition) is 4. The van der Waals surface area contributed by atoms with Crippen LogP contribution in [0.15, 0.2) is 41.6 Å². The Balaban J connectivity index is 2.17. The van der Waals surface area contributed by atoms with Crippen molar-refractivity contribution in [2.45, 2.75) is 24.8 Å². The lowest BCUT2D eigenvalue weighted by Gasteiger charge is -2.06. The molecular formula is C13H18N4O2S. The minimum Gasteiger partial charge on any atom is -0.330 e. The van der Waals surface area contributed by atoms with E-state index < -0.39 is 10.0 Å². The average Bonchev–Trinajstić information content (AvgIpc) is 2.87. The molecule has 0 aliphatic heterocycles. The van der Waals surface area contributed by atoms with E-state index in [-0.39, 0.29) is 4.90 Å². The van der Waals surface area contributed by atoms with Crippen molar-refractivity contribution in [3.63, 3.8) is 0 Å². The first-order valence-corrected chi connectivity index (χ1v) is 7.87. The number of benzene rings is 1. The zero-order valence-corrected chi connectivity index (χ0v) is 12.1. The van der Waals surface area contributed by atoms with Crippen LogP contribution >= 0.6 is 0 Å². The van der Waals surface area contributed by atoms with E-state index in [0.29, 0.717) is 18.8 Å². The molecule has 0 aliphatic rings. The van der Waals surface area contributed by atoms with Crippen LogP contribution in [0.25, 0.3) is 0 Å². The van der Waals surface area contributed by atoms with Gasteiger partial charge in [-0.15, -0.1) is 0 Å². The van der Waals surface area contributed by atoms with Gasteiger partial charge in [0, 0.05) is 12.7 Å². The molecule has 7 heteroatoms. The molecule has 0 aliphatic carbocycles. The quantitative estimate of drug-likeness (QED) is 0.837. The van der Waals surface area contributed by atoms with Gasteiger partial charge in [0.1, 0.15) is 0 Å². The van der Waals surface area contributed by atoms with Crippen LogP contribution in [0.4, 0.5) is 5.69 Å². The molecule has 6 nitrogen and oxygen atoms in total. The summed E-state index contributed by atoms with van der Waals surface area (Å²) in [4.78, 5) is 0.225. The Hall–Kier alpha value is -1.86. The molecular weight excluding hydrogens is 276 g/mol. The van der Waals surface area contributed by atoms with Gasteiger partial charge >= 0.3 is 0 Å². The fourth-order valence-electron chi connectivity index (χ4n) is 1.81. The maximum atomic E-state index is 12.2. The van der Waals surface area contributed by atoms with E-state index >= 15 is 0 Å². The Bertz CT molecular complexity index is 662. The van der Waals surface area contributed by atoms with Gasteiger partial charge in [-0.05, 0) is 37.6 Å². The van der Waals surface area contributed by atoms with Crippen LogP contribution in [0.1, 0.15) is 12.5 Å². The molecule has 1 aromatic carbocycles. The average molecular weight is 294 g/mol. The summed E-state index contributed by atoms with van der Waals surface area (Å²) in [5.74, 6) is 0. The van der Waals surface area contributed by atoms with Crippen LogP contribution < -0.4 is 10.5 Å². The van der Waals surface area contributed by atoms with Crippen LogP contribution in [0, 0.1) is 0 Å². The number of anilines is 1. The van der Waals surface area contributed by atoms with E-state index in [0.717, 1.165) is 12.0 Å². The highest BCUT2D eigenvalue weighted by Gasteiger charge is 2.14. The second-order valence-electron chi connectivity index (χ2n) is 4.37. The highest BCUT2D eigenvalue weighted by Crippen LogP contribution is 2.16. The highest BCUT2D eigenvalue weighted by atomic mass is 32.2. The molecule has 0 amide bonds. The number of sulfonamides is 1. The van der Waals surface area contributed by atoms with Crippen molar-refractivity contribution < 1.29 is 8.42 Å². The lowest BCUT2D eigenvalue weighted by Crippen LogP contribution is -2.12. The largest absolute Gasteiger partial charge is 0.330 e. The number of nitrogens with zero attached hydrogens (tertiary/aromatic N) is 2. The molecule has 0 saturated heterocycles. The molecule has 108 valence electrons. The fourth-order valence-corrected chi connectivity index (χ4v) is 2.83. The van der Waals surface area contributed by atoms with Gasteiger partial charge in [0.25, 0.3) is 10.0 Å². The van der Waals surface area contributed by atoms with E-state index in [1.165, 1.54) is 6.20 Å². The predicted molar refractivity (Wildman–Crippen MR) is 77.9 cm³/mol. The van der Waals surface area contributed by atoms with Gasteiger partial charge in [-0.3, -0.25) is 9.40 Å². The maximum absolute atomic E-state index is 12.2. The Kier molecular flexibility index (Phi) is 4.41. The fraction of sp³-hybridized carbons (Fsp3) is 0.308. The molecule has 20 heavy (non-hydrogen) atoms. The van der Waals surface area contributed by atoms with Crippen LogP contribution in [-0.2, 0) is 23.0 Å². The summed E-state index contributed by atoms with van der Waals surface area (Å²) in [5, 5.41) is 4.03. The number of aromatic nitrogens is 2. The molecule has 0 spiro atoms. The van der Waals surface area contributed by atoms with Crippen LogP contribution in [-0.4, -0.2) is 24.7 Å². The third-order valence-electron chi connectivity index (χ3n) is 2.88. The molecule has 0 atom stereocenters. The van der Waals surface area contributed by atoms with E-state index in [9.17, 15) is 8.42 Å². The summed E-state index contributed by atoms with van der Waals surface area (Å²) in [7, 11) is -3.57. The van der Waals surface area contributed by atoms with Crippen molar-refractivity contribution in [3.8, 4) is 0 Å². The normalized spacial score (nSPS) is 11.5. The van der Waals surface area contributed by atoms with Gasteiger partial charge in [0.2, 0.25) is 0 Å². The van der Waals surface area contributed by atoms with Gasteiger partial charge in [0.05, 0.1) is 16.8 Å². The topological polar surface area (TPSA) is 90.0 Å². The number of hydrogen-bond donors (Lipinski definition) is 2. The first-order valence-electron chi connectivity index (χ1n) is 6.39. The zero-order chi connectivity index (χ0) is 14.6. The van der Waals surface area contributed by atoms with Crippen molar-refractivity contribution >= 4 is 15.7 Å². The monoisotopic (exact) mass is 294 g/mol. The third kappa shape index (κ3) is 3.37. The summed E-state index contributed by atoms with van der Waals surface area (Å²) < 4.78 is 28.6. The SMILES string of the molecule is CCn1cc(NS(=O)(=O)c2ccc(CCN)cc2)cn1. The lowest BCUT2D eigenvalue weighted by atomic mass is 10.2. The maximum Gasteiger partial charge on any atom is 0.261 e. The van der Waals surface area contributed by atoms with Gasteiger partial charge in [-0.1, -0.05) is 12.1 Å². The van der Waals surface area contributed by atoms with E-state index in [1.807, 2.05) is 6.92 Å². The Labute approximate surface area is 118 Å². The molecule has 0 fully saturated rings. The molecule has 3 N–H and O–H groups in total.